The van der Waals surface area contributed by atoms with Gasteiger partial charge in [0, 0.05) is 15.5 Å². The molecule has 1 heterocycles. The quantitative estimate of drug-likeness (QED) is 0.887. The molecular formula is C13H12ClFOS. The molecule has 1 unspecified atom stereocenters. The fraction of sp³-hybridized carbons (Fsp3) is 0.231. The molecule has 1 atom stereocenters. The van der Waals surface area contributed by atoms with Gasteiger partial charge in [-0.3, -0.25) is 0 Å². The fourth-order valence-corrected chi connectivity index (χ4v) is 2.90. The highest BCUT2D eigenvalue weighted by Gasteiger charge is 2.18. The van der Waals surface area contributed by atoms with Gasteiger partial charge in [0.15, 0.2) is 0 Å². The van der Waals surface area contributed by atoms with Gasteiger partial charge in [0.1, 0.15) is 11.9 Å². The number of hydrogen-bond acceptors (Lipinski definition) is 2. The van der Waals surface area contributed by atoms with Crippen molar-refractivity contribution in [2.24, 2.45) is 0 Å². The Morgan fingerprint density at radius 3 is 2.82 bits per heavy atom. The second-order valence-corrected chi connectivity index (χ2v) is 5.12. The molecule has 2 aromatic rings. The van der Waals surface area contributed by atoms with Gasteiger partial charge in [0.2, 0.25) is 0 Å². The SMILES string of the molecule is CCc1ccsc1C(O)c1ccc(Cl)cc1F. The van der Waals surface area contributed by atoms with E-state index >= 15 is 0 Å². The maximum absolute atomic E-state index is 13.7. The standard InChI is InChI=1S/C13H12ClFOS/c1-2-8-5-6-17-13(8)12(16)10-4-3-9(14)7-11(10)15/h3-7,12,16H,2H2,1H3. The van der Waals surface area contributed by atoms with Crippen LogP contribution in [-0.4, -0.2) is 5.11 Å². The maximum atomic E-state index is 13.7. The second-order valence-electron chi connectivity index (χ2n) is 3.73. The van der Waals surface area contributed by atoms with Gasteiger partial charge in [0.25, 0.3) is 0 Å². The van der Waals surface area contributed by atoms with Crippen LogP contribution in [0.2, 0.25) is 5.02 Å². The van der Waals surface area contributed by atoms with Crippen molar-refractivity contribution in [2.45, 2.75) is 19.4 Å². The maximum Gasteiger partial charge on any atom is 0.130 e. The van der Waals surface area contributed by atoms with E-state index in [2.05, 4.69) is 0 Å². The summed E-state index contributed by atoms with van der Waals surface area (Å²) >= 11 is 7.13. The highest BCUT2D eigenvalue weighted by atomic mass is 35.5. The molecule has 1 aromatic heterocycles. The van der Waals surface area contributed by atoms with Crippen LogP contribution in [0.25, 0.3) is 0 Å². The second kappa shape index (κ2) is 5.17. The Morgan fingerprint density at radius 2 is 2.18 bits per heavy atom. The van der Waals surface area contributed by atoms with Gasteiger partial charge in [-0.25, -0.2) is 4.39 Å². The van der Waals surface area contributed by atoms with Crippen LogP contribution in [0, 0.1) is 5.82 Å². The van der Waals surface area contributed by atoms with Crippen molar-refractivity contribution >= 4 is 22.9 Å². The van der Waals surface area contributed by atoms with Gasteiger partial charge in [-0.05, 0) is 35.6 Å². The van der Waals surface area contributed by atoms with E-state index in [9.17, 15) is 9.50 Å². The number of aliphatic hydroxyl groups excluding tert-OH is 1. The van der Waals surface area contributed by atoms with Crippen molar-refractivity contribution in [1.82, 2.24) is 0 Å². The Hall–Kier alpha value is -0.900. The van der Waals surface area contributed by atoms with Gasteiger partial charge < -0.3 is 5.11 Å². The molecule has 0 fully saturated rings. The van der Waals surface area contributed by atoms with Crippen molar-refractivity contribution in [3.05, 3.63) is 56.5 Å². The van der Waals surface area contributed by atoms with Gasteiger partial charge in [-0.1, -0.05) is 24.6 Å². The molecule has 0 saturated carbocycles. The molecule has 2 rings (SSSR count). The van der Waals surface area contributed by atoms with E-state index in [1.807, 2.05) is 18.4 Å². The molecule has 1 N–H and O–H groups in total. The van der Waals surface area contributed by atoms with Crippen LogP contribution in [-0.2, 0) is 6.42 Å². The average Bonchev–Trinajstić information content (AvgIpc) is 2.76. The van der Waals surface area contributed by atoms with Gasteiger partial charge in [-0.2, -0.15) is 0 Å². The van der Waals surface area contributed by atoms with E-state index in [0.717, 1.165) is 16.9 Å². The van der Waals surface area contributed by atoms with Crippen molar-refractivity contribution in [3.63, 3.8) is 0 Å². The van der Waals surface area contributed by atoms with E-state index in [1.165, 1.54) is 23.5 Å². The predicted octanol–water partition coefficient (Wildman–Crippen LogP) is 4.18. The molecule has 0 aliphatic rings. The molecule has 90 valence electrons. The zero-order valence-corrected chi connectivity index (χ0v) is 10.9. The number of hydrogen-bond donors (Lipinski definition) is 1. The minimum atomic E-state index is -0.915. The van der Waals surface area contributed by atoms with Crippen LogP contribution in [0.5, 0.6) is 0 Å². The Bertz CT molecular complexity index is 524. The first-order chi connectivity index (χ1) is 8.13. The van der Waals surface area contributed by atoms with Gasteiger partial charge >= 0.3 is 0 Å². The number of aliphatic hydroxyl groups is 1. The molecule has 0 bridgehead atoms. The number of thiophene rings is 1. The van der Waals surface area contributed by atoms with E-state index in [0.29, 0.717) is 5.02 Å². The van der Waals surface area contributed by atoms with E-state index in [1.54, 1.807) is 6.07 Å². The van der Waals surface area contributed by atoms with E-state index < -0.39 is 11.9 Å². The van der Waals surface area contributed by atoms with Crippen molar-refractivity contribution < 1.29 is 9.50 Å². The van der Waals surface area contributed by atoms with E-state index in [-0.39, 0.29) is 5.56 Å². The highest BCUT2D eigenvalue weighted by Crippen LogP contribution is 2.32. The van der Waals surface area contributed by atoms with Gasteiger partial charge in [0.05, 0.1) is 0 Å². The molecule has 1 aromatic carbocycles. The lowest BCUT2D eigenvalue weighted by Gasteiger charge is -2.12. The largest absolute Gasteiger partial charge is 0.383 e. The van der Waals surface area contributed by atoms with Crippen LogP contribution >= 0.6 is 22.9 Å². The summed E-state index contributed by atoms with van der Waals surface area (Å²) in [7, 11) is 0. The average molecular weight is 271 g/mol. The van der Waals surface area contributed by atoms with Crippen molar-refractivity contribution in [2.75, 3.05) is 0 Å². The Kier molecular flexibility index (Phi) is 3.82. The molecule has 17 heavy (non-hydrogen) atoms. The summed E-state index contributed by atoms with van der Waals surface area (Å²) in [5.41, 5.74) is 1.32. The first-order valence-corrected chi connectivity index (χ1v) is 6.58. The Balaban J connectivity index is 2.40. The number of benzene rings is 1. The van der Waals surface area contributed by atoms with Crippen molar-refractivity contribution in [1.29, 1.82) is 0 Å². The summed E-state index contributed by atoms with van der Waals surface area (Å²) in [5, 5.41) is 12.4. The number of halogens is 2. The lowest BCUT2D eigenvalue weighted by atomic mass is 10.0. The topological polar surface area (TPSA) is 20.2 Å². The predicted molar refractivity (Wildman–Crippen MR) is 69.2 cm³/mol. The fourth-order valence-electron chi connectivity index (χ4n) is 1.74. The Morgan fingerprint density at radius 1 is 1.41 bits per heavy atom. The summed E-state index contributed by atoms with van der Waals surface area (Å²) in [6.07, 6.45) is -0.0901. The summed E-state index contributed by atoms with van der Waals surface area (Å²) in [5.74, 6) is -0.472. The third kappa shape index (κ3) is 2.51. The molecule has 0 aliphatic carbocycles. The lowest BCUT2D eigenvalue weighted by Crippen LogP contribution is -2.02. The highest BCUT2D eigenvalue weighted by molar-refractivity contribution is 7.10. The normalized spacial score (nSPS) is 12.7. The molecule has 4 heteroatoms. The van der Waals surface area contributed by atoms with Gasteiger partial charge in [-0.15, -0.1) is 11.3 Å². The third-order valence-corrected chi connectivity index (χ3v) is 3.91. The molecule has 1 nitrogen and oxygen atoms in total. The molecule has 0 radical (unpaired) electrons. The molecular weight excluding hydrogens is 259 g/mol. The molecule has 0 aliphatic heterocycles. The zero-order chi connectivity index (χ0) is 12.4. The van der Waals surface area contributed by atoms with Crippen LogP contribution < -0.4 is 0 Å². The summed E-state index contributed by atoms with van der Waals surface area (Å²) in [4.78, 5) is 0.800. The first-order valence-electron chi connectivity index (χ1n) is 5.32. The van der Waals surface area contributed by atoms with Crippen LogP contribution in [0.3, 0.4) is 0 Å². The summed E-state index contributed by atoms with van der Waals surface area (Å²) in [6.45, 7) is 2.01. The molecule has 0 amide bonds. The monoisotopic (exact) mass is 270 g/mol. The molecule has 0 saturated heterocycles. The first kappa shape index (κ1) is 12.6. The van der Waals surface area contributed by atoms with E-state index in [4.69, 9.17) is 11.6 Å². The number of rotatable bonds is 3. The summed E-state index contributed by atoms with van der Waals surface area (Å²) < 4.78 is 13.7. The van der Waals surface area contributed by atoms with Crippen LogP contribution in [0.15, 0.2) is 29.6 Å². The van der Waals surface area contributed by atoms with Crippen LogP contribution in [0.4, 0.5) is 4.39 Å². The minimum absolute atomic E-state index is 0.270. The third-order valence-electron chi connectivity index (χ3n) is 2.67. The van der Waals surface area contributed by atoms with Crippen LogP contribution in [0.1, 0.15) is 29.0 Å². The molecule has 0 spiro atoms. The number of aryl methyl sites for hydroxylation is 1. The summed E-state index contributed by atoms with van der Waals surface area (Å²) in [6, 6.07) is 6.29. The smallest absolute Gasteiger partial charge is 0.130 e. The van der Waals surface area contributed by atoms with Crippen molar-refractivity contribution in [3.8, 4) is 0 Å². The zero-order valence-electron chi connectivity index (χ0n) is 9.28. The minimum Gasteiger partial charge on any atom is -0.383 e. The lowest BCUT2D eigenvalue weighted by molar-refractivity contribution is 0.218. The Labute approximate surface area is 108 Å².